The molecule has 0 amide bonds. The number of hydrogen-bond donors (Lipinski definition) is 2. The second-order valence-electron chi connectivity index (χ2n) is 2.31. The molecule has 0 heterocycles. The number of hydrogen-bond acceptors (Lipinski definition) is 4. The van der Waals surface area contributed by atoms with Crippen molar-refractivity contribution in [2.45, 2.75) is 13.1 Å². The lowest BCUT2D eigenvalue weighted by molar-refractivity contribution is -0.192. The van der Waals surface area contributed by atoms with Crippen LogP contribution in [-0.2, 0) is 14.3 Å². The average Bonchev–Trinajstić information content (AvgIpc) is 2.18. The Morgan fingerprint density at radius 2 is 1.82 bits per heavy atom. The quantitative estimate of drug-likeness (QED) is 0.449. The van der Waals surface area contributed by atoms with E-state index in [1.165, 1.54) is 0 Å². The van der Waals surface area contributed by atoms with E-state index < -0.39 is 23.9 Å². The Balaban J connectivity index is 0. The van der Waals surface area contributed by atoms with Gasteiger partial charge in [-0.15, -0.1) is 0 Å². The van der Waals surface area contributed by atoms with Crippen molar-refractivity contribution in [1.29, 1.82) is 0 Å². The Labute approximate surface area is 93.8 Å². The highest BCUT2D eigenvalue weighted by Gasteiger charge is 2.38. The van der Waals surface area contributed by atoms with Gasteiger partial charge in [-0.1, -0.05) is 0 Å². The number of carbonyl (C=O) groups is 2. The standard InChI is InChI=1S/C6H10FNO2.C2HF3O2/c1-2-10-6(9)5(7)3-4-8;3-2(4,5)1(6)7/h3H,2,4,8H2,1H3;(H,6,7). The van der Waals surface area contributed by atoms with Crippen molar-refractivity contribution in [1.82, 2.24) is 0 Å². The third-order valence-electron chi connectivity index (χ3n) is 1.01. The van der Waals surface area contributed by atoms with Crippen molar-refractivity contribution in [2.24, 2.45) is 5.73 Å². The first-order valence-corrected chi connectivity index (χ1v) is 4.19. The predicted molar refractivity (Wildman–Crippen MR) is 48.6 cm³/mol. The first kappa shape index (κ1) is 17.7. The van der Waals surface area contributed by atoms with Crippen molar-refractivity contribution in [2.75, 3.05) is 13.2 Å². The summed E-state index contributed by atoms with van der Waals surface area (Å²) in [6.07, 6.45) is -4.11. The monoisotopic (exact) mass is 261 g/mol. The number of halogens is 4. The molecule has 0 aliphatic carbocycles. The summed E-state index contributed by atoms with van der Waals surface area (Å²) in [4.78, 5) is 19.3. The summed E-state index contributed by atoms with van der Waals surface area (Å²) in [6, 6.07) is 0. The van der Waals surface area contributed by atoms with E-state index in [2.05, 4.69) is 4.74 Å². The number of carbonyl (C=O) groups excluding carboxylic acids is 1. The second kappa shape index (κ2) is 8.50. The molecular weight excluding hydrogens is 250 g/mol. The molecule has 3 N–H and O–H groups in total. The van der Waals surface area contributed by atoms with E-state index in [4.69, 9.17) is 15.6 Å². The zero-order chi connectivity index (χ0) is 14.1. The molecule has 0 spiro atoms. The van der Waals surface area contributed by atoms with Crippen LogP contribution in [0.25, 0.3) is 0 Å². The number of alkyl halides is 3. The molecule has 5 nitrogen and oxygen atoms in total. The van der Waals surface area contributed by atoms with Gasteiger partial charge in [0, 0.05) is 6.54 Å². The first-order chi connectivity index (χ1) is 7.66. The molecule has 0 aromatic carbocycles. The molecule has 0 aromatic heterocycles. The van der Waals surface area contributed by atoms with E-state index in [-0.39, 0.29) is 13.2 Å². The normalized spacial score (nSPS) is 11.3. The van der Waals surface area contributed by atoms with E-state index in [9.17, 15) is 22.4 Å². The van der Waals surface area contributed by atoms with Gasteiger partial charge < -0.3 is 15.6 Å². The maximum absolute atomic E-state index is 12.3. The molecule has 0 radical (unpaired) electrons. The molecule has 17 heavy (non-hydrogen) atoms. The van der Waals surface area contributed by atoms with Gasteiger partial charge in [0.25, 0.3) is 0 Å². The Kier molecular flexibility index (Phi) is 8.88. The van der Waals surface area contributed by atoms with E-state index in [1.54, 1.807) is 6.92 Å². The van der Waals surface area contributed by atoms with Crippen LogP contribution in [0.2, 0.25) is 0 Å². The molecule has 0 unspecified atom stereocenters. The summed E-state index contributed by atoms with van der Waals surface area (Å²) in [5, 5.41) is 7.12. The highest BCUT2D eigenvalue weighted by molar-refractivity contribution is 5.85. The van der Waals surface area contributed by atoms with Crippen LogP contribution in [0.5, 0.6) is 0 Å². The van der Waals surface area contributed by atoms with Crippen molar-refractivity contribution in [3.63, 3.8) is 0 Å². The summed E-state index contributed by atoms with van der Waals surface area (Å²) in [6.45, 7) is 1.78. The fourth-order valence-corrected chi connectivity index (χ4v) is 0.387. The van der Waals surface area contributed by atoms with Gasteiger partial charge in [-0.3, -0.25) is 0 Å². The number of nitrogens with two attached hydrogens (primary N) is 1. The fourth-order valence-electron chi connectivity index (χ4n) is 0.387. The van der Waals surface area contributed by atoms with Gasteiger partial charge in [-0.05, 0) is 13.0 Å². The van der Waals surface area contributed by atoms with Crippen molar-refractivity contribution in [3.8, 4) is 0 Å². The van der Waals surface area contributed by atoms with Crippen LogP contribution in [-0.4, -0.2) is 36.4 Å². The number of carboxylic acids is 1. The minimum absolute atomic E-state index is 0.00461. The zero-order valence-corrected chi connectivity index (χ0v) is 8.75. The number of rotatable bonds is 3. The van der Waals surface area contributed by atoms with E-state index in [0.717, 1.165) is 6.08 Å². The fraction of sp³-hybridized carbons (Fsp3) is 0.500. The minimum Gasteiger partial charge on any atom is -0.475 e. The maximum atomic E-state index is 12.3. The van der Waals surface area contributed by atoms with Crippen LogP contribution in [0.1, 0.15) is 6.92 Å². The van der Waals surface area contributed by atoms with Gasteiger partial charge in [0.2, 0.25) is 5.83 Å². The lowest BCUT2D eigenvalue weighted by atomic mass is 10.5. The van der Waals surface area contributed by atoms with Gasteiger partial charge in [0.15, 0.2) is 0 Å². The summed E-state index contributed by atoms with van der Waals surface area (Å²) in [7, 11) is 0. The Hall–Kier alpha value is -1.64. The molecule has 0 aliphatic heterocycles. The lowest BCUT2D eigenvalue weighted by Gasteiger charge is -1.96. The summed E-state index contributed by atoms with van der Waals surface area (Å²) in [5.41, 5.74) is 4.94. The largest absolute Gasteiger partial charge is 0.490 e. The summed E-state index contributed by atoms with van der Waals surface area (Å²) in [5.74, 6) is -4.63. The lowest BCUT2D eigenvalue weighted by Crippen LogP contribution is -2.21. The van der Waals surface area contributed by atoms with Gasteiger partial charge in [0.05, 0.1) is 6.61 Å². The predicted octanol–water partition coefficient (Wildman–Crippen LogP) is 0.995. The molecule has 9 heteroatoms. The summed E-state index contributed by atoms with van der Waals surface area (Å²) >= 11 is 0. The molecule has 0 aromatic rings. The van der Waals surface area contributed by atoms with Gasteiger partial charge in [-0.2, -0.15) is 17.6 Å². The van der Waals surface area contributed by atoms with Crippen molar-refractivity contribution >= 4 is 11.9 Å². The molecule has 0 atom stereocenters. The summed E-state index contributed by atoms with van der Waals surface area (Å²) < 4.78 is 48.3. The molecule has 0 saturated heterocycles. The zero-order valence-electron chi connectivity index (χ0n) is 8.75. The van der Waals surface area contributed by atoms with Gasteiger partial charge >= 0.3 is 18.1 Å². The van der Waals surface area contributed by atoms with Crippen LogP contribution in [0.15, 0.2) is 11.9 Å². The third kappa shape index (κ3) is 10.6. The van der Waals surface area contributed by atoms with Crippen LogP contribution < -0.4 is 5.73 Å². The topological polar surface area (TPSA) is 89.6 Å². The van der Waals surface area contributed by atoms with Crippen LogP contribution in [0.3, 0.4) is 0 Å². The SMILES string of the molecule is CCOC(=O)C(F)=CCN.O=C(O)C(F)(F)F. The molecule has 0 saturated carbocycles. The molecule has 100 valence electrons. The van der Waals surface area contributed by atoms with Crippen molar-refractivity contribution < 1.29 is 37.0 Å². The Morgan fingerprint density at radius 3 is 2.06 bits per heavy atom. The maximum Gasteiger partial charge on any atom is 0.490 e. The van der Waals surface area contributed by atoms with Gasteiger partial charge in [0.1, 0.15) is 0 Å². The molecule has 0 aliphatic rings. The highest BCUT2D eigenvalue weighted by Crippen LogP contribution is 2.13. The molecule has 0 fully saturated rings. The van der Waals surface area contributed by atoms with Crippen LogP contribution in [0.4, 0.5) is 17.6 Å². The van der Waals surface area contributed by atoms with Crippen LogP contribution in [0, 0.1) is 0 Å². The highest BCUT2D eigenvalue weighted by atomic mass is 19.4. The smallest absolute Gasteiger partial charge is 0.475 e. The average molecular weight is 261 g/mol. The Morgan fingerprint density at radius 1 is 1.41 bits per heavy atom. The Bertz CT molecular complexity index is 288. The van der Waals surface area contributed by atoms with E-state index >= 15 is 0 Å². The number of esters is 1. The van der Waals surface area contributed by atoms with Crippen LogP contribution >= 0.6 is 0 Å². The number of carboxylic acid groups (broad SMARTS) is 1. The molecular formula is C8H11F4NO4. The van der Waals surface area contributed by atoms with E-state index in [0.29, 0.717) is 0 Å². The second-order valence-corrected chi connectivity index (χ2v) is 2.31. The first-order valence-electron chi connectivity index (χ1n) is 4.19. The third-order valence-corrected chi connectivity index (χ3v) is 1.01. The molecule has 0 bridgehead atoms. The number of ether oxygens (including phenoxy) is 1. The van der Waals surface area contributed by atoms with Gasteiger partial charge in [-0.25, -0.2) is 9.59 Å². The minimum atomic E-state index is -5.08. The number of aliphatic carboxylic acids is 1. The van der Waals surface area contributed by atoms with Crippen molar-refractivity contribution in [3.05, 3.63) is 11.9 Å². The molecule has 0 rings (SSSR count). The van der Waals surface area contributed by atoms with E-state index in [1.807, 2.05) is 0 Å².